The van der Waals surface area contributed by atoms with Gasteiger partial charge >= 0.3 is 0 Å². The molecule has 0 fully saturated rings. The van der Waals surface area contributed by atoms with Crippen LogP contribution in [0.1, 0.15) is 15.9 Å². The molecule has 0 aliphatic rings. The summed E-state index contributed by atoms with van der Waals surface area (Å²) >= 11 is 15.3. The van der Waals surface area contributed by atoms with E-state index in [1.165, 1.54) is 6.21 Å². The topological polar surface area (TPSA) is 41.5 Å². The molecule has 1 amide bonds. The van der Waals surface area contributed by atoms with Gasteiger partial charge in [-0.1, -0.05) is 41.4 Å². The number of hydrogen-bond donors (Lipinski definition) is 1. The van der Waals surface area contributed by atoms with Gasteiger partial charge in [0, 0.05) is 10.0 Å². The number of nitrogens with zero attached hydrogens (tertiary/aromatic N) is 1. The van der Waals surface area contributed by atoms with E-state index in [1.807, 2.05) is 6.07 Å². The Morgan fingerprint density at radius 1 is 1.10 bits per heavy atom. The van der Waals surface area contributed by atoms with Gasteiger partial charge in [0.15, 0.2) is 0 Å². The van der Waals surface area contributed by atoms with Gasteiger partial charge in [0.25, 0.3) is 5.91 Å². The maximum absolute atomic E-state index is 11.9. The Labute approximate surface area is 134 Å². The predicted octanol–water partition coefficient (Wildman–Crippen LogP) is 4.52. The molecule has 0 heterocycles. The molecular formula is C14H9BrCl2N2O. The summed E-state index contributed by atoms with van der Waals surface area (Å²) in [5.41, 5.74) is 3.48. The van der Waals surface area contributed by atoms with Crippen molar-refractivity contribution in [2.45, 2.75) is 0 Å². The maximum atomic E-state index is 11.9. The first-order valence-electron chi connectivity index (χ1n) is 5.61. The third-order valence-electron chi connectivity index (χ3n) is 2.48. The Hall–Kier alpha value is -1.36. The fourth-order valence-corrected chi connectivity index (χ4v) is 2.45. The standard InChI is InChI=1S/C14H9BrCl2N2O/c15-11-5-2-1-4-9(11)14(20)19-18-8-10-12(16)6-3-7-13(10)17/h1-8H,(H,19,20)/b18-8+. The second-order valence-corrected chi connectivity index (χ2v) is 5.48. The van der Waals surface area contributed by atoms with E-state index in [-0.39, 0.29) is 5.91 Å². The highest BCUT2D eigenvalue weighted by Gasteiger charge is 2.08. The van der Waals surface area contributed by atoms with Crippen LogP contribution in [0.25, 0.3) is 0 Å². The van der Waals surface area contributed by atoms with Crippen LogP contribution in [0.5, 0.6) is 0 Å². The molecule has 2 rings (SSSR count). The van der Waals surface area contributed by atoms with Crippen molar-refractivity contribution in [2.24, 2.45) is 5.10 Å². The fourth-order valence-electron chi connectivity index (χ4n) is 1.50. The van der Waals surface area contributed by atoms with Crippen LogP contribution in [0, 0.1) is 0 Å². The Morgan fingerprint density at radius 2 is 1.75 bits per heavy atom. The lowest BCUT2D eigenvalue weighted by Crippen LogP contribution is -2.18. The molecule has 0 saturated carbocycles. The van der Waals surface area contributed by atoms with E-state index >= 15 is 0 Å². The van der Waals surface area contributed by atoms with Gasteiger partial charge in [-0.15, -0.1) is 0 Å². The lowest BCUT2D eigenvalue weighted by Gasteiger charge is -2.03. The molecule has 0 saturated heterocycles. The largest absolute Gasteiger partial charge is 0.272 e. The summed E-state index contributed by atoms with van der Waals surface area (Å²) < 4.78 is 0.698. The molecule has 0 unspecified atom stereocenters. The zero-order valence-electron chi connectivity index (χ0n) is 10.1. The van der Waals surface area contributed by atoms with Gasteiger partial charge < -0.3 is 0 Å². The average Bonchev–Trinajstić information content (AvgIpc) is 2.42. The molecule has 0 aliphatic heterocycles. The van der Waals surface area contributed by atoms with Gasteiger partial charge in [-0.25, -0.2) is 5.43 Å². The first-order valence-corrected chi connectivity index (χ1v) is 7.16. The van der Waals surface area contributed by atoms with E-state index in [4.69, 9.17) is 23.2 Å². The highest BCUT2D eigenvalue weighted by atomic mass is 79.9. The van der Waals surface area contributed by atoms with Gasteiger partial charge in [-0.05, 0) is 40.2 Å². The van der Waals surface area contributed by atoms with Crippen molar-refractivity contribution in [1.82, 2.24) is 5.43 Å². The van der Waals surface area contributed by atoms with Crippen LogP contribution in [0.3, 0.4) is 0 Å². The number of carbonyl (C=O) groups excluding carboxylic acids is 1. The Balaban J connectivity index is 2.11. The number of nitrogens with one attached hydrogen (secondary N) is 1. The summed E-state index contributed by atoms with van der Waals surface area (Å²) in [6.07, 6.45) is 1.42. The third kappa shape index (κ3) is 3.60. The summed E-state index contributed by atoms with van der Waals surface area (Å²) in [5, 5.41) is 4.80. The minimum absolute atomic E-state index is 0.322. The van der Waals surface area contributed by atoms with Gasteiger partial charge in [0.1, 0.15) is 0 Å². The summed E-state index contributed by atoms with van der Waals surface area (Å²) in [5.74, 6) is -0.322. The number of halogens is 3. The van der Waals surface area contributed by atoms with Crippen molar-refractivity contribution in [1.29, 1.82) is 0 Å². The summed E-state index contributed by atoms with van der Waals surface area (Å²) in [6, 6.07) is 12.2. The smallest absolute Gasteiger partial charge is 0.267 e. The van der Waals surface area contributed by atoms with E-state index in [1.54, 1.807) is 36.4 Å². The molecule has 20 heavy (non-hydrogen) atoms. The highest BCUT2D eigenvalue weighted by molar-refractivity contribution is 9.10. The Kier molecular flexibility index (Phi) is 5.17. The molecule has 6 heteroatoms. The zero-order chi connectivity index (χ0) is 14.5. The fraction of sp³-hybridized carbons (Fsp3) is 0. The van der Waals surface area contributed by atoms with Crippen LogP contribution >= 0.6 is 39.1 Å². The van der Waals surface area contributed by atoms with E-state index in [0.717, 1.165) is 0 Å². The number of hydrazone groups is 1. The van der Waals surface area contributed by atoms with E-state index in [9.17, 15) is 4.79 Å². The number of carbonyl (C=O) groups is 1. The van der Waals surface area contributed by atoms with Crippen molar-refractivity contribution >= 4 is 51.3 Å². The highest BCUT2D eigenvalue weighted by Crippen LogP contribution is 2.22. The molecule has 0 spiro atoms. The van der Waals surface area contributed by atoms with E-state index < -0.39 is 0 Å². The molecule has 2 aromatic carbocycles. The normalized spacial score (nSPS) is 10.8. The second-order valence-electron chi connectivity index (χ2n) is 3.81. The average molecular weight is 372 g/mol. The van der Waals surface area contributed by atoms with Crippen LogP contribution in [0.2, 0.25) is 10.0 Å². The van der Waals surface area contributed by atoms with Crippen LogP contribution in [-0.2, 0) is 0 Å². The minimum Gasteiger partial charge on any atom is -0.267 e. The Morgan fingerprint density at radius 3 is 2.40 bits per heavy atom. The van der Waals surface area contributed by atoms with Gasteiger partial charge in [-0.3, -0.25) is 4.79 Å². The van der Waals surface area contributed by atoms with Crippen molar-refractivity contribution in [3.63, 3.8) is 0 Å². The molecular weight excluding hydrogens is 363 g/mol. The first-order chi connectivity index (χ1) is 9.59. The van der Waals surface area contributed by atoms with Crippen LogP contribution < -0.4 is 5.43 Å². The number of hydrogen-bond acceptors (Lipinski definition) is 2. The zero-order valence-corrected chi connectivity index (χ0v) is 13.2. The van der Waals surface area contributed by atoms with Crippen molar-refractivity contribution in [3.05, 3.63) is 68.1 Å². The molecule has 0 aromatic heterocycles. The third-order valence-corrected chi connectivity index (χ3v) is 3.83. The minimum atomic E-state index is -0.322. The van der Waals surface area contributed by atoms with Crippen LogP contribution in [0.4, 0.5) is 0 Å². The second kappa shape index (κ2) is 6.88. The van der Waals surface area contributed by atoms with Gasteiger partial charge in [0.2, 0.25) is 0 Å². The first kappa shape index (κ1) is 15.0. The number of benzene rings is 2. The summed E-state index contributed by atoms with van der Waals surface area (Å²) in [6.45, 7) is 0. The molecule has 1 N–H and O–H groups in total. The monoisotopic (exact) mass is 370 g/mol. The van der Waals surface area contributed by atoms with Crippen molar-refractivity contribution < 1.29 is 4.79 Å². The molecule has 0 bridgehead atoms. The van der Waals surface area contributed by atoms with Crippen LogP contribution in [0.15, 0.2) is 52.0 Å². The van der Waals surface area contributed by atoms with Gasteiger partial charge in [-0.2, -0.15) is 5.10 Å². The summed E-state index contributed by atoms with van der Waals surface area (Å²) in [7, 11) is 0. The van der Waals surface area contributed by atoms with Crippen molar-refractivity contribution in [2.75, 3.05) is 0 Å². The van der Waals surface area contributed by atoms with Crippen LogP contribution in [-0.4, -0.2) is 12.1 Å². The number of rotatable bonds is 3. The van der Waals surface area contributed by atoms with Crippen molar-refractivity contribution in [3.8, 4) is 0 Å². The van der Waals surface area contributed by atoms with E-state index in [2.05, 4.69) is 26.5 Å². The molecule has 3 nitrogen and oxygen atoms in total. The molecule has 102 valence electrons. The predicted molar refractivity (Wildman–Crippen MR) is 85.7 cm³/mol. The molecule has 0 aliphatic carbocycles. The molecule has 2 aromatic rings. The summed E-state index contributed by atoms with van der Waals surface area (Å²) in [4.78, 5) is 11.9. The molecule has 0 radical (unpaired) electrons. The maximum Gasteiger partial charge on any atom is 0.272 e. The van der Waals surface area contributed by atoms with E-state index in [0.29, 0.717) is 25.6 Å². The molecule has 0 atom stereocenters. The van der Waals surface area contributed by atoms with Gasteiger partial charge in [0.05, 0.1) is 21.8 Å². The lowest BCUT2D eigenvalue weighted by molar-refractivity contribution is 0.0954. The SMILES string of the molecule is O=C(N/N=C/c1c(Cl)cccc1Cl)c1ccccc1Br. The lowest BCUT2D eigenvalue weighted by atomic mass is 10.2. The quantitative estimate of drug-likeness (QED) is 0.625. The number of amides is 1. The Bertz CT molecular complexity index is 654.